The first-order valence-electron chi connectivity index (χ1n) is 9.38. The van der Waals surface area contributed by atoms with Gasteiger partial charge in [-0.05, 0) is 47.3 Å². The Balaban J connectivity index is 1.80. The van der Waals surface area contributed by atoms with E-state index in [2.05, 4.69) is 105 Å². The van der Waals surface area contributed by atoms with Gasteiger partial charge in [0.05, 0.1) is 0 Å². The maximum Gasteiger partial charge on any atom is -0.0127 e. The predicted molar refractivity (Wildman–Crippen MR) is 108 cm³/mol. The number of hydrogen-bond acceptors (Lipinski definition) is 0. The molecule has 3 rings (SSSR count). The molecule has 0 amide bonds. The van der Waals surface area contributed by atoms with Crippen LogP contribution in [0.2, 0.25) is 0 Å². The van der Waals surface area contributed by atoms with E-state index in [0.29, 0.717) is 17.8 Å². The summed E-state index contributed by atoms with van der Waals surface area (Å²) in [4.78, 5) is 0. The highest BCUT2D eigenvalue weighted by atomic mass is 14.3. The Labute approximate surface area is 152 Å². The van der Waals surface area contributed by atoms with Crippen molar-refractivity contribution < 1.29 is 0 Å². The first-order chi connectivity index (χ1) is 12.2. The molecule has 0 N–H and O–H groups in total. The van der Waals surface area contributed by atoms with Gasteiger partial charge in [-0.25, -0.2) is 0 Å². The standard InChI is InChI=1S/C25H28/c1-20(23-14-8-4-9-15-23)19-25(24-16-10-5-11-17-24)21(2)18-22-12-6-3-7-13-22/h3-17,20-21,25H,18-19H2,1-2H3. The maximum absolute atomic E-state index is 2.41. The van der Waals surface area contributed by atoms with Gasteiger partial charge in [-0.2, -0.15) is 0 Å². The molecule has 0 nitrogen and oxygen atoms in total. The van der Waals surface area contributed by atoms with Crippen molar-refractivity contribution >= 4 is 0 Å². The monoisotopic (exact) mass is 328 g/mol. The van der Waals surface area contributed by atoms with Gasteiger partial charge in [0.2, 0.25) is 0 Å². The van der Waals surface area contributed by atoms with Crippen LogP contribution in [-0.2, 0) is 6.42 Å². The van der Waals surface area contributed by atoms with E-state index in [1.165, 1.54) is 23.1 Å². The van der Waals surface area contributed by atoms with Crippen LogP contribution in [0.25, 0.3) is 0 Å². The van der Waals surface area contributed by atoms with Gasteiger partial charge in [0.25, 0.3) is 0 Å². The third kappa shape index (κ3) is 4.82. The Hall–Kier alpha value is -2.34. The average molecular weight is 328 g/mol. The van der Waals surface area contributed by atoms with Gasteiger partial charge in [0.1, 0.15) is 0 Å². The van der Waals surface area contributed by atoms with Crippen LogP contribution in [0.1, 0.15) is 48.8 Å². The lowest BCUT2D eigenvalue weighted by Crippen LogP contribution is -2.15. The quantitative estimate of drug-likeness (QED) is 0.445. The van der Waals surface area contributed by atoms with E-state index >= 15 is 0 Å². The molecule has 0 aliphatic carbocycles. The van der Waals surface area contributed by atoms with E-state index in [1.807, 2.05) is 0 Å². The highest BCUT2D eigenvalue weighted by Gasteiger charge is 2.22. The zero-order chi connectivity index (χ0) is 17.5. The molecule has 0 aromatic heterocycles. The number of hydrogen-bond donors (Lipinski definition) is 0. The molecule has 0 saturated carbocycles. The Morgan fingerprint density at radius 2 is 1.08 bits per heavy atom. The second-order valence-electron chi connectivity index (χ2n) is 7.23. The van der Waals surface area contributed by atoms with Gasteiger partial charge in [-0.3, -0.25) is 0 Å². The number of benzene rings is 3. The lowest BCUT2D eigenvalue weighted by molar-refractivity contribution is 0.408. The SMILES string of the molecule is CC(CC(c1ccccc1)C(C)Cc1ccccc1)c1ccccc1. The zero-order valence-corrected chi connectivity index (χ0v) is 15.3. The van der Waals surface area contributed by atoms with Crippen molar-refractivity contribution in [2.75, 3.05) is 0 Å². The predicted octanol–water partition coefficient (Wildman–Crippen LogP) is 6.84. The molecule has 3 aromatic carbocycles. The summed E-state index contributed by atoms with van der Waals surface area (Å²) in [6.07, 6.45) is 2.31. The molecular formula is C25H28. The average Bonchev–Trinajstić information content (AvgIpc) is 2.68. The van der Waals surface area contributed by atoms with Crippen molar-refractivity contribution in [1.82, 2.24) is 0 Å². The van der Waals surface area contributed by atoms with Crippen LogP contribution in [-0.4, -0.2) is 0 Å². The van der Waals surface area contributed by atoms with E-state index in [1.54, 1.807) is 0 Å². The summed E-state index contributed by atoms with van der Waals surface area (Å²) in [5, 5.41) is 0. The summed E-state index contributed by atoms with van der Waals surface area (Å²) in [6.45, 7) is 4.77. The second kappa shape index (κ2) is 8.67. The fourth-order valence-corrected chi connectivity index (χ4v) is 3.82. The molecule has 0 heteroatoms. The molecular weight excluding hydrogens is 300 g/mol. The lowest BCUT2D eigenvalue weighted by atomic mass is 9.77. The molecule has 25 heavy (non-hydrogen) atoms. The smallest absolute Gasteiger partial charge is 0.0127 e. The van der Waals surface area contributed by atoms with Crippen molar-refractivity contribution in [2.45, 2.75) is 38.5 Å². The molecule has 0 fully saturated rings. The summed E-state index contributed by atoms with van der Waals surface area (Å²) < 4.78 is 0. The van der Waals surface area contributed by atoms with Crippen molar-refractivity contribution in [3.63, 3.8) is 0 Å². The van der Waals surface area contributed by atoms with Gasteiger partial charge < -0.3 is 0 Å². The van der Waals surface area contributed by atoms with E-state index < -0.39 is 0 Å². The molecule has 0 aliphatic heterocycles. The minimum atomic E-state index is 0.560. The van der Waals surface area contributed by atoms with E-state index in [9.17, 15) is 0 Å². The van der Waals surface area contributed by atoms with Crippen LogP contribution in [0.3, 0.4) is 0 Å². The van der Waals surface area contributed by atoms with Crippen LogP contribution in [0.4, 0.5) is 0 Å². The van der Waals surface area contributed by atoms with Gasteiger partial charge in [-0.1, -0.05) is 105 Å². The van der Waals surface area contributed by atoms with Crippen molar-refractivity contribution in [3.05, 3.63) is 108 Å². The highest BCUT2D eigenvalue weighted by Crippen LogP contribution is 2.36. The third-order valence-electron chi connectivity index (χ3n) is 5.29. The Morgan fingerprint density at radius 1 is 0.600 bits per heavy atom. The fraction of sp³-hybridized carbons (Fsp3) is 0.280. The van der Waals surface area contributed by atoms with Gasteiger partial charge in [0.15, 0.2) is 0 Å². The summed E-state index contributed by atoms with van der Waals surface area (Å²) >= 11 is 0. The lowest BCUT2D eigenvalue weighted by Gasteiger charge is -2.28. The largest absolute Gasteiger partial charge is 0.0622 e. The van der Waals surface area contributed by atoms with Gasteiger partial charge in [0, 0.05) is 0 Å². The Morgan fingerprint density at radius 3 is 1.64 bits per heavy atom. The maximum atomic E-state index is 2.41. The van der Waals surface area contributed by atoms with E-state index in [-0.39, 0.29) is 0 Å². The van der Waals surface area contributed by atoms with Crippen LogP contribution in [0.15, 0.2) is 91.0 Å². The molecule has 3 aromatic rings. The molecule has 0 radical (unpaired) electrons. The summed E-state index contributed by atoms with van der Waals surface area (Å²) in [6, 6.07) is 32.9. The molecule has 0 heterocycles. The second-order valence-corrected chi connectivity index (χ2v) is 7.23. The number of rotatable bonds is 7. The highest BCUT2D eigenvalue weighted by molar-refractivity contribution is 5.25. The van der Waals surface area contributed by atoms with Crippen LogP contribution in [0, 0.1) is 5.92 Å². The first kappa shape index (κ1) is 17.5. The van der Waals surface area contributed by atoms with Crippen LogP contribution >= 0.6 is 0 Å². The molecule has 0 bridgehead atoms. The van der Waals surface area contributed by atoms with Crippen molar-refractivity contribution in [2.24, 2.45) is 5.92 Å². The normalized spacial score (nSPS) is 14.6. The Bertz CT molecular complexity index is 731. The van der Waals surface area contributed by atoms with Gasteiger partial charge >= 0.3 is 0 Å². The van der Waals surface area contributed by atoms with Gasteiger partial charge in [-0.15, -0.1) is 0 Å². The van der Waals surface area contributed by atoms with E-state index in [0.717, 1.165) is 6.42 Å². The Kier molecular flexibility index (Phi) is 6.06. The van der Waals surface area contributed by atoms with Crippen LogP contribution < -0.4 is 0 Å². The topological polar surface area (TPSA) is 0 Å². The minimum absolute atomic E-state index is 0.560. The molecule has 3 unspecified atom stereocenters. The van der Waals surface area contributed by atoms with Crippen LogP contribution in [0.5, 0.6) is 0 Å². The third-order valence-corrected chi connectivity index (χ3v) is 5.29. The van der Waals surface area contributed by atoms with Crippen molar-refractivity contribution in [3.8, 4) is 0 Å². The molecule has 0 saturated heterocycles. The minimum Gasteiger partial charge on any atom is -0.0622 e. The summed E-state index contributed by atoms with van der Waals surface area (Å²) in [5.41, 5.74) is 4.34. The summed E-state index contributed by atoms with van der Waals surface area (Å²) in [5.74, 6) is 1.73. The summed E-state index contributed by atoms with van der Waals surface area (Å²) in [7, 11) is 0. The molecule has 128 valence electrons. The molecule has 3 atom stereocenters. The molecule has 0 spiro atoms. The van der Waals surface area contributed by atoms with E-state index in [4.69, 9.17) is 0 Å². The fourth-order valence-electron chi connectivity index (χ4n) is 3.82. The molecule has 0 aliphatic rings. The zero-order valence-electron chi connectivity index (χ0n) is 15.3. The first-order valence-corrected chi connectivity index (χ1v) is 9.38. The van der Waals surface area contributed by atoms with Crippen molar-refractivity contribution in [1.29, 1.82) is 0 Å².